The van der Waals surface area contributed by atoms with Crippen molar-refractivity contribution >= 4 is 29.2 Å². The standard InChI is InChI=1S/C19H20N2O5/c1-25-16-10-6-5-9-15(16)21-17(22)11-12-19(24)26-13-18(23)20-14-7-3-2-4-8-14/h2-10H,11-13H2,1H3,(H,20,23)(H,21,22). The van der Waals surface area contributed by atoms with Crippen LogP contribution in [0.4, 0.5) is 11.4 Å². The molecular weight excluding hydrogens is 336 g/mol. The van der Waals surface area contributed by atoms with Crippen molar-refractivity contribution in [3.8, 4) is 5.75 Å². The van der Waals surface area contributed by atoms with Crippen molar-refractivity contribution in [3.05, 3.63) is 54.6 Å². The number of hydrogen-bond donors (Lipinski definition) is 2. The molecule has 26 heavy (non-hydrogen) atoms. The second-order valence-corrected chi connectivity index (χ2v) is 5.32. The van der Waals surface area contributed by atoms with Gasteiger partial charge in [0, 0.05) is 12.1 Å². The lowest BCUT2D eigenvalue weighted by atomic mass is 10.2. The maximum absolute atomic E-state index is 11.9. The summed E-state index contributed by atoms with van der Waals surface area (Å²) < 4.78 is 10.0. The number of para-hydroxylation sites is 3. The fraction of sp³-hybridized carbons (Fsp3) is 0.211. The van der Waals surface area contributed by atoms with Crippen LogP contribution in [-0.2, 0) is 19.1 Å². The van der Waals surface area contributed by atoms with E-state index in [1.807, 2.05) is 6.07 Å². The van der Waals surface area contributed by atoms with Crippen LogP contribution in [-0.4, -0.2) is 31.5 Å². The quantitative estimate of drug-likeness (QED) is 0.709. The molecule has 0 saturated heterocycles. The number of carbonyl (C=O) groups excluding carboxylic acids is 3. The van der Waals surface area contributed by atoms with Gasteiger partial charge in [0.2, 0.25) is 5.91 Å². The van der Waals surface area contributed by atoms with E-state index in [1.165, 1.54) is 7.11 Å². The highest BCUT2D eigenvalue weighted by Gasteiger charge is 2.12. The zero-order chi connectivity index (χ0) is 18.8. The van der Waals surface area contributed by atoms with Gasteiger partial charge in [0.05, 0.1) is 19.2 Å². The largest absolute Gasteiger partial charge is 0.495 e. The normalized spacial score (nSPS) is 9.88. The van der Waals surface area contributed by atoms with Crippen LogP contribution in [0.1, 0.15) is 12.8 Å². The minimum absolute atomic E-state index is 0.0583. The second kappa shape index (κ2) is 9.83. The van der Waals surface area contributed by atoms with Gasteiger partial charge in [-0.2, -0.15) is 0 Å². The molecule has 0 heterocycles. The first-order valence-electron chi connectivity index (χ1n) is 8.02. The van der Waals surface area contributed by atoms with Crippen LogP contribution in [0.2, 0.25) is 0 Å². The van der Waals surface area contributed by atoms with Crippen molar-refractivity contribution < 1.29 is 23.9 Å². The summed E-state index contributed by atoms with van der Waals surface area (Å²) in [6.07, 6.45) is -0.184. The molecule has 2 aromatic rings. The number of carbonyl (C=O) groups is 3. The van der Waals surface area contributed by atoms with Gasteiger partial charge < -0.3 is 20.1 Å². The Hall–Kier alpha value is -3.35. The Kier molecular flexibility index (Phi) is 7.17. The smallest absolute Gasteiger partial charge is 0.306 e. The van der Waals surface area contributed by atoms with E-state index in [-0.39, 0.29) is 18.7 Å². The second-order valence-electron chi connectivity index (χ2n) is 5.32. The van der Waals surface area contributed by atoms with Crippen molar-refractivity contribution in [2.45, 2.75) is 12.8 Å². The summed E-state index contributed by atoms with van der Waals surface area (Å²) in [5.41, 5.74) is 1.14. The minimum atomic E-state index is -0.622. The third kappa shape index (κ3) is 6.27. The molecule has 7 heteroatoms. The average molecular weight is 356 g/mol. The summed E-state index contributed by atoms with van der Waals surface area (Å²) in [6.45, 7) is -0.401. The zero-order valence-electron chi connectivity index (χ0n) is 14.4. The Labute approximate surface area is 151 Å². The number of nitrogens with one attached hydrogen (secondary N) is 2. The lowest BCUT2D eigenvalue weighted by molar-refractivity contribution is -0.147. The molecule has 0 unspecified atom stereocenters. The molecule has 0 spiro atoms. The van der Waals surface area contributed by atoms with E-state index in [1.54, 1.807) is 48.5 Å². The van der Waals surface area contributed by atoms with Gasteiger partial charge in [-0.1, -0.05) is 30.3 Å². The van der Waals surface area contributed by atoms with Gasteiger partial charge in [0.15, 0.2) is 6.61 Å². The highest BCUT2D eigenvalue weighted by molar-refractivity contribution is 5.95. The summed E-state index contributed by atoms with van der Waals surface area (Å²) in [5, 5.41) is 5.26. The summed E-state index contributed by atoms with van der Waals surface area (Å²) in [5.74, 6) is -0.882. The summed E-state index contributed by atoms with van der Waals surface area (Å²) in [4.78, 5) is 35.3. The molecule has 0 radical (unpaired) electrons. The molecule has 2 aromatic carbocycles. The number of anilines is 2. The molecule has 7 nitrogen and oxygen atoms in total. The Bertz CT molecular complexity index is 762. The van der Waals surface area contributed by atoms with E-state index < -0.39 is 18.5 Å². The van der Waals surface area contributed by atoms with E-state index >= 15 is 0 Å². The van der Waals surface area contributed by atoms with Crippen LogP contribution in [0.3, 0.4) is 0 Å². The molecule has 0 aliphatic rings. The predicted molar refractivity (Wildman–Crippen MR) is 96.9 cm³/mol. The Balaban J connectivity index is 1.69. The number of methoxy groups -OCH3 is 1. The van der Waals surface area contributed by atoms with E-state index in [9.17, 15) is 14.4 Å². The number of rotatable bonds is 8. The maximum atomic E-state index is 11.9. The predicted octanol–water partition coefficient (Wildman–Crippen LogP) is 2.60. The van der Waals surface area contributed by atoms with E-state index in [2.05, 4.69) is 10.6 Å². The number of esters is 1. The van der Waals surface area contributed by atoms with Gasteiger partial charge in [-0.3, -0.25) is 14.4 Å². The van der Waals surface area contributed by atoms with Gasteiger partial charge in [-0.25, -0.2) is 0 Å². The molecule has 2 rings (SSSR count). The SMILES string of the molecule is COc1ccccc1NC(=O)CCC(=O)OCC(=O)Nc1ccccc1. The molecule has 2 amide bonds. The van der Waals surface area contributed by atoms with Crippen LogP contribution >= 0.6 is 0 Å². The number of benzene rings is 2. The number of amides is 2. The Morgan fingerprint density at radius 2 is 1.54 bits per heavy atom. The van der Waals surface area contributed by atoms with Crippen LogP contribution in [0.15, 0.2) is 54.6 Å². The fourth-order valence-electron chi connectivity index (χ4n) is 2.11. The molecule has 0 aliphatic heterocycles. The van der Waals surface area contributed by atoms with Gasteiger partial charge in [0.25, 0.3) is 5.91 Å². The monoisotopic (exact) mass is 356 g/mol. The minimum Gasteiger partial charge on any atom is -0.495 e. The first-order valence-corrected chi connectivity index (χ1v) is 8.02. The molecule has 136 valence electrons. The van der Waals surface area contributed by atoms with Gasteiger partial charge in [-0.05, 0) is 24.3 Å². The zero-order valence-corrected chi connectivity index (χ0v) is 14.4. The molecule has 2 N–H and O–H groups in total. The Morgan fingerprint density at radius 3 is 2.27 bits per heavy atom. The van der Waals surface area contributed by atoms with Crippen molar-refractivity contribution in [2.75, 3.05) is 24.4 Å². The highest BCUT2D eigenvalue weighted by Crippen LogP contribution is 2.23. The lowest BCUT2D eigenvalue weighted by Crippen LogP contribution is -2.21. The maximum Gasteiger partial charge on any atom is 0.306 e. The first kappa shape index (κ1) is 19.0. The molecular formula is C19H20N2O5. The van der Waals surface area contributed by atoms with Gasteiger partial charge in [0.1, 0.15) is 5.75 Å². The molecule has 0 bridgehead atoms. The van der Waals surface area contributed by atoms with Crippen LogP contribution in [0, 0.1) is 0 Å². The van der Waals surface area contributed by atoms with E-state index in [0.29, 0.717) is 17.1 Å². The average Bonchev–Trinajstić information content (AvgIpc) is 2.66. The van der Waals surface area contributed by atoms with Crippen LogP contribution in [0.5, 0.6) is 5.75 Å². The van der Waals surface area contributed by atoms with Crippen molar-refractivity contribution in [2.24, 2.45) is 0 Å². The topological polar surface area (TPSA) is 93.7 Å². The number of ether oxygens (including phenoxy) is 2. The molecule has 0 fully saturated rings. The third-order valence-electron chi connectivity index (χ3n) is 3.36. The number of hydrogen-bond acceptors (Lipinski definition) is 5. The van der Waals surface area contributed by atoms with Crippen molar-refractivity contribution in [3.63, 3.8) is 0 Å². The third-order valence-corrected chi connectivity index (χ3v) is 3.36. The summed E-state index contributed by atoms with van der Waals surface area (Å²) in [7, 11) is 1.50. The lowest BCUT2D eigenvalue weighted by Gasteiger charge is -2.09. The van der Waals surface area contributed by atoms with Crippen molar-refractivity contribution in [1.82, 2.24) is 0 Å². The molecule has 0 saturated carbocycles. The van der Waals surface area contributed by atoms with Gasteiger partial charge >= 0.3 is 5.97 Å². The molecule has 0 aliphatic carbocycles. The van der Waals surface area contributed by atoms with Crippen LogP contribution in [0.25, 0.3) is 0 Å². The summed E-state index contributed by atoms with van der Waals surface area (Å²) in [6, 6.07) is 15.8. The van der Waals surface area contributed by atoms with Crippen LogP contribution < -0.4 is 15.4 Å². The van der Waals surface area contributed by atoms with Crippen molar-refractivity contribution in [1.29, 1.82) is 0 Å². The molecule has 0 aromatic heterocycles. The summed E-state index contributed by atoms with van der Waals surface area (Å²) >= 11 is 0. The highest BCUT2D eigenvalue weighted by atomic mass is 16.5. The van der Waals surface area contributed by atoms with Gasteiger partial charge in [-0.15, -0.1) is 0 Å². The fourth-order valence-corrected chi connectivity index (χ4v) is 2.11. The Morgan fingerprint density at radius 1 is 0.846 bits per heavy atom. The van der Waals surface area contributed by atoms with E-state index in [4.69, 9.17) is 9.47 Å². The van der Waals surface area contributed by atoms with E-state index in [0.717, 1.165) is 0 Å². The molecule has 0 atom stereocenters. The first-order chi connectivity index (χ1) is 12.6.